The average Bonchev–Trinajstić information content (AvgIpc) is 2.78. The molecular formula is C26H41F5O. The third-order valence-corrected chi connectivity index (χ3v) is 9.45. The lowest BCUT2D eigenvalue weighted by Gasteiger charge is -2.42. The number of hydrogen-bond acceptors (Lipinski definition) is 1. The molecule has 32 heavy (non-hydrogen) atoms. The van der Waals surface area contributed by atoms with E-state index >= 15 is 0 Å². The summed E-state index contributed by atoms with van der Waals surface area (Å²) in [5, 5.41) is 0. The van der Waals surface area contributed by atoms with Crippen LogP contribution in [0.2, 0.25) is 0 Å². The first kappa shape index (κ1) is 24.7. The normalized spacial score (nSPS) is 46.7. The smallest absolute Gasteiger partial charge is 0.317 e. The summed E-state index contributed by atoms with van der Waals surface area (Å²) >= 11 is 0. The molecule has 4 rings (SSSR count). The van der Waals surface area contributed by atoms with E-state index in [2.05, 4.69) is 6.92 Å². The first-order valence-corrected chi connectivity index (χ1v) is 13.2. The van der Waals surface area contributed by atoms with Crippen LogP contribution in [0.4, 0.5) is 22.0 Å². The van der Waals surface area contributed by atoms with Crippen LogP contribution in [-0.2, 0) is 4.74 Å². The second-order valence-electron chi connectivity index (χ2n) is 11.6. The lowest BCUT2D eigenvalue weighted by molar-refractivity contribution is -0.306. The maximum atomic E-state index is 14.7. The minimum absolute atomic E-state index is 0.397. The molecule has 0 heterocycles. The summed E-state index contributed by atoms with van der Waals surface area (Å²) in [6, 6.07) is 0. The van der Waals surface area contributed by atoms with Crippen molar-refractivity contribution < 1.29 is 26.7 Å². The lowest BCUT2D eigenvalue weighted by atomic mass is 9.65. The van der Waals surface area contributed by atoms with Crippen molar-refractivity contribution in [2.24, 2.45) is 35.5 Å². The first-order chi connectivity index (χ1) is 15.2. The molecule has 0 N–H and O–H groups in total. The Morgan fingerprint density at radius 2 is 0.969 bits per heavy atom. The highest BCUT2D eigenvalue weighted by Crippen LogP contribution is 2.48. The molecule has 186 valence electrons. The summed E-state index contributed by atoms with van der Waals surface area (Å²) in [5.41, 5.74) is 0. The predicted molar refractivity (Wildman–Crippen MR) is 116 cm³/mol. The van der Waals surface area contributed by atoms with Gasteiger partial charge in [-0.25, -0.2) is 13.2 Å². The Morgan fingerprint density at radius 1 is 0.594 bits per heavy atom. The van der Waals surface area contributed by atoms with Gasteiger partial charge in [0.2, 0.25) is 0 Å². The topological polar surface area (TPSA) is 9.23 Å². The third kappa shape index (κ3) is 5.81. The fourth-order valence-corrected chi connectivity index (χ4v) is 7.27. The van der Waals surface area contributed by atoms with Crippen LogP contribution < -0.4 is 0 Å². The maximum absolute atomic E-state index is 14.7. The molecule has 4 fully saturated rings. The fraction of sp³-hybridized carbons (Fsp3) is 1.00. The van der Waals surface area contributed by atoms with Gasteiger partial charge in [-0.2, -0.15) is 8.78 Å². The van der Waals surface area contributed by atoms with Crippen LogP contribution in [0.1, 0.15) is 96.8 Å². The van der Waals surface area contributed by atoms with Crippen molar-refractivity contribution in [3.63, 3.8) is 0 Å². The summed E-state index contributed by atoms with van der Waals surface area (Å²) in [6.45, 7) is 2.36. The van der Waals surface area contributed by atoms with Crippen LogP contribution in [0.5, 0.6) is 0 Å². The van der Waals surface area contributed by atoms with E-state index < -0.39 is 49.5 Å². The first-order valence-electron chi connectivity index (χ1n) is 13.2. The molecule has 1 nitrogen and oxygen atoms in total. The van der Waals surface area contributed by atoms with Crippen molar-refractivity contribution >= 4 is 0 Å². The van der Waals surface area contributed by atoms with Gasteiger partial charge < -0.3 is 4.74 Å². The molecule has 0 aromatic carbocycles. The molecule has 4 aliphatic carbocycles. The van der Waals surface area contributed by atoms with Crippen molar-refractivity contribution in [1.29, 1.82) is 0 Å². The quantitative estimate of drug-likeness (QED) is 0.373. The van der Waals surface area contributed by atoms with Gasteiger partial charge in [-0.1, -0.05) is 19.8 Å². The van der Waals surface area contributed by atoms with Gasteiger partial charge in [0, 0.05) is 12.8 Å². The van der Waals surface area contributed by atoms with E-state index in [0.29, 0.717) is 24.7 Å². The summed E-state index contributed by atoms with van der Waals surface area (Å²) in [6.07, 6.45) is 0.971. The Kier molecular flexibility index (Phi) is 8.10. The molecule has 0 aliphatic heterocycles. The van der Waals surface area contributed by atoms with Crippen molar-refractivity contribution in [3.8, 4) is 0 Å². The minimum atomic E-state index is -3.39. The molecule has 2 unspecified atom stereocenters. The summed E-state index contributed by atoms with van der Waals surface area (Å²) in [5.74, 6) is 2.92. The van der Waals surface area contributed by atoms with Crippen molar-refractivity contribution in [1.82, 2.24) is 0 Å². The summed E-state index contributed by atoms with van der Waals surface area (Å²) in [4.78, 5) is 0. The molecule has 2 atom stereocenters. The highest BCUT2D eigenvalue weighted by molar-refractivity contribution is 4.90. The van der Waals surface area contributed by atoms with E-state index in [1.54, 1.807) is 0 Å². The molecule has 0 spiro atoms. The van der Waals surface area contributed by atoms with Gasteiger partial charge in [-0.15, -0.1) is 0 Å². The Hall–Kier alpha value is -0.390. The Bertz CT molecular complexity index is 565. The van der Waals surface area contributed by atoms with Crippen LogP contribution in [0.15, 0.2) is 0 Å². The number of hydrogen-bond donors (Lipinski definition) is 0. The number of ether oxygens (including phenoxy) is 1. The van der Waals surface area contributed by atoms with E-state index in [4.69, 9.17) is 4.74 Å². The molecular weight excluding hydrogens is 423 g/mol. The zero-order chi connectivity index (χ0) is 22.9. The average molecular weight is 465 g/mol. The van der Waals surface area contributed by atoms with Crippen LogP contribution in [0.3, 0.4) is 0 Å². The van der Waals surface area contributed by atoms with Gasteiger partial charge in [-0.05, 0) is 93.8 Å². The molecule has 4 saturated carbocycles. The Morgan fingerprint density at radius 3 is 1.41 bits per heavy atom. The minimum Gasteiger partial charge on any atom is -0.317 e. The number of halogens is 5. The Balaban J connectivity index is 1.20. The number of rotatable bonds is 5. The maximum Gasteiger partial charge on any atom is 0.358 e. The SMILES string of the molecule is CC1CCC(C2CCC(C3CCC(C(F)(F)OC4CC(F)C(F)C(F)C4)CC3)CC2)CC1. The van der Waals surface area contributed by atoms with E-state index in [9.17, 15) is 22.0 Å². The van der Waals surface area contributed by atoms with E-state index in [1.165, 1.54) is 51.4 Å². The second-order valence-corrected chi connectivity index (χ2v) is 11.6. The van der Waals surface area contributed by atoms with Crippen LogP contribution in [0, 0.1) is 35.5 Å². The van der Waals surface area contributed by atoms with Crippen LogP contribution in [-0.4, -0.2) is 30.7 Å². The summed E-state index contributed by atoms with van der Waals surface area (Å²) in [7, 11) is 0. The van der Waals surface area contributed by atoms with Gasteiger partial charge in [-0.3, -0.25) is 0 Å². The second kappa shape index (κ2) is 10.5. The van der Waals surface area contributed by atoms with Crippen molar-refractivity contribution in [3.05, 3.63) is 0 Å². The van der Waals surface area contributed by atoms with Gasteiger partial charge >= 0.3 is 6.11 Å². The van der Waals surface area contributed by atoms with Gasteiger partial charge in [0.05, 0.1) is 12.0 Å². The summed E-state index contributed by atoms with van der Waals surface area (Å²) < 4.78 is 74.8. The molecule has 0 saturated heterocycles. The van der Waals surface area contributed by atoms with Crippen molar-refractivity contribution in [2.45, 2.75) is 128 Å². The predicted octanol–water partition coefficient (Wildman–Crippen LogP) is 8.21. The molecule has 4 aliphatic rings. The Labute approximate surface area is 190 Å². The third-order valence-electron chi connectivity index (χ3n) is 9.45. The molecule has 0 bridgehead atoms. The molecule has 0 aromatic heterocycles. The zero-order valence-electron chi connectivity index (χ0n) is 19.5. The van der Waals surface area contributed by atoms with Crippen LogP contribution in [0.25, 0.3) is 0 Å². The van der Waals surface area contributed by atoms with Crippen LogP contribution >= 0.6 is 0 Å². The van der Waals surface area contributed by atoms with Gasteiger partial charge in [0.15, 0.2) is 6.17 Å². The van der Waals surface area contributed by atoms with Crippen molar-refractivity contribution in [2.75, 3.05) is 0 Å². The van der Waals surface area contributed by atoms with E-state index in [1.807, 2.05) is 0 Å². The molecule has 0 aromatic rings. The molecule has 0 radical (unpaired) electrons. The van der Waals surface area contributed by atoms with E-state index in [-0.39, 0.29) is 0 Å². The monoisotopic (exact) mass is 464 g/mol. The highest BCUT2D eigenvalue weighted by Gasteiger charge is 2.48. The van der Waals surface area contributed by atoms with Gasteiger partial charge in [0.25, 0.3) is 0 Å². The largest absolute Gasteiger partial charge is 0.358 e. The number of alkyl halides is 5. The molecule has 0 amide bonds. The zero-order valence-corrected chi connectivity index (χ0v) is 19.5. The molecule has 6 heteroatoms. The van der Waals surface area contributed by atoms with Gasteiger partial charge in [0.1, 0.15) is 12.3 Å². The van der Waals surface area contributed by atoms with E-state index in [0.717, 1.165) is 30.6 Å². The fourth-order valence-electron chi connectivity index (χ4n) is 7.27. The lowest BCUT2D eigenvalue weighted by Crippen LogP contribution is -2.45. The highest BCUT2D eigenvalue weighted by atomic mass is 19.3. The standard InChI is InChI=1S/C26H41F5O/c1-16-2-4-17(5-3-16)18-6-8-19(9-7-18)20-10-12-21(13-11-20)26(30,31)32-22-14-23(27)25(29)24(28)15-22/h16-25H,2-15H2,1H3.